The average molecular weight is 395 g/mol. The van der Waals surface area contributed by atoms with Gasteiger partial charge in [0.15, 0.2) is 5.96 Å². The number of hydrogen-bond acceptors (Lipinski definition) is 3. The number of anilines is 1. The third kappa shape index (κ3) is 6.06. The Kier molecular flexibility index (Phi) is 7.25. The van der Waals surface area contributed by atoms with Crippen molar-refractivity contribution in [1.82, 2.24) is 10.6 Å². The van der Waals surface area contributed by atoms with Crippen molar-refractivity contribution >= 4 is 17.6 Å². The number of para-hydroxylation sites is 1. The van der Waals surface area contributed by atoms with E-state index in [0.29, 0.717) is 26.1 Å². The molecule has 3 N–H and O–H groups in total. The third-order valence-corrected chi connectivity index (χ3v) is 4.88. The Balaban J connectivity index is 1.54. The molecule has 2 aromatic carbocycles. The molecule has 0 saturated carbocycles. The highest BCUT2D eigenvalue weighted by molar-refractivity contribution is 5.94. The Hall–Kier alpha value is -2.86. The summed E-state index contributed by atoms with van der Waals surface area (Å²) in [5.74, 6) is 0.895. The maximum absolute atomic E-state index is 12.0. The number of fused-ring (bicyclic) bond motifs is 1. The fourth-order valence-corrected chi connectivity index (χ4v) is 3.40. The lowest BCUT2D eigenvalue weighted by Crippen LogP contribution is -2.40. The number of carbonyl (C=O) groups is 1. The minimum absolute atomic E-state index is 0.0545. The van der Waals surface area contributed by atoms with Gasteiger partial charge in [-0.3, -0.25) is 9.79 Å². The molecule has 1 atom stereocenters. The highest BCUT2D eigenvalue weighted by Gasteiger charge is 2.24. The number of aliphatic imine (C=N–C) groups is 1. The van der Waals surface area contributed by atoms with Crippen LogP contribution < -0.4 is 16.0 Å². The van der Waals surface area contributed by atoms with E-state index >= 15 is 0 Å². The predicted molar refractivity (Wildman–Crippen MR) is 117 cm³/mol. The van der Waals surface area contributed by atoms with Crippen LogP contribution in [0.15, 0.2) is 53.5 Å². The molecule has 0 spiro atoms. The molecule has 29 heavy (non-hydrogen) atoms. The van der Waals surface area contributed by atoms with Crippen molar-refractivity contribution in [2.45, 2.75) is 45.4 Å². The minimum atomic E-state index is 0.0545. The minimum Gasteiger partial charge on any atom is -0.374 e. The molecule has 1 heterocycles. The van der Waals surface area contributed by atoms with Crippen molar-refractivity contribution in [3.8, 4) is 0 Å². The highest BCUT2D eigenvalue weighted by Crippen LogP contribution is 2.31. The van der Waals surface area contributed by atoms with E-state index in [1.807, 2.05) is 38.1 Å². The first kappa shape index (κ1) is 20.9. The van der Waals surface area contributed by atoms with Gasteiger partial charge in [0.2, 0.25) is 5.91 Å². The molecule has 0 radical (unpaired) electrons. The SMILES string of the molecule is CN=C(NCc1cccc(COC(C)C)c1)NCC1CC(=O)Nc2ccccc21. The van der Waals surface area contributed by atoms with Crippen LogP contribution >= 0.6 is 0 Å². The number of ether oxygens (including phenoxy) is 1. The largest absolute Gasteiger partial charge is 0.374 e. The third-order valence-electron chi connectivity index (χ3n) is 4.88. The summed E-state index contributed by atoms with van der Waals surface area (Å²) in [5, 5.41) is 9.65. The molecule has 0 aliphatic carbocycles. The standard InChI is InChI=1S/C23H30N4O2/c1-16(2)29-15-18-8-6-7-17(11-18)13-25-23(24-3)26-14-19-12-22(28)27-21-10-5-4-9-20(19)21/h4-11,16,19H,12-15H2,1-3H3,(H,27,28)(H2,24,25,26). The first-order valence-corrected chi connectivity index (χ1v) is 10.1. The van der Waals surface area contributed by atoms with E-state index in [-0.39, 0.29) is 17.9 Å². The van der Waals surface area contributed by atoms with Gasteiger partial charge in [-0.25, -0.2) is 0 Å². The van der Waals surface area contributed by atoms with Gasteiger partial charge >= 0.3 is 0 Å². The zero-order valence-corrected chi connectivity index (χ0v) is 17.4. The average Bonchev–Trinajstić information content (AvgIpc) is 2.72. The maximum Gasteiger partial charge on any atom is 0.225 e. The lowest BCUT2D eigenvalue weighted by Gasteiger charge is -2.26. The van der Waals surface area contributed by atoms with Gasteiger partial charge in [0.25, 0.3) is 0 Å². The maximum atomic E-state index is 12.0. The van der Waals surface area contributed by atoms with Crippen molar-refractivity contribution in [2.75, 3.05) is 18.9 Å². The number of benzene rings is 2. The van der Waals surface area contributed by atoms with Crippen LogP contribution in [-0.4, -0.2) is 31.6 Å². The Morgan fingerprint density at radius 2 is 1.97 bits per heavy atom. The molecule has 1 unspecified atom stereocenters. The molecular weight excluding hydrogens is 364 g/mol. The zero-order valence-electron chi connectivity index (χ0n) is 17.4. The summed E-state index contributed by atoms with van der Waals surface area (Å²) in [7, 11) is 1.75. The molecule has 0 aromatic heterocycles. The van der Waals surface area contributed by atoms with Crippen LogP contribution in [-0.2, 0) is 22.7 Å². The summed E-state index contributed by atoms with van der Waals surface area (Å²) < 4.78 is 5.68. The van der Waals surface area contributed by atoms with Gasteiger partial charge < -0.3 is 20.7 Å². The van der Waals surface area contributed by atoms with Crippen LogP contribution in [0.5, 0.6) is 0 Å². The molecule has 0 bridgehead atoms. The molecule has 1 amide bonds. The van der Waals surface area contributed by atoms with Gasteiger partial charge in [0, 0.05) is 38.2 Å². The first-order chi connectivity index (χ1) is 14.0. The Morgan fingerprint density at radius 1 is 1.17 bits per heavy atom. The number of carbonyl (C=O) groups excluding carboxylic acids is 1. The van der Waals surface area contributed by atoms with Gasteiger partial charge in [-0.15, -0.1) is 0 Å². The van der Waals surface area contributed by atoms with Crippen LogP contribution in [0.3, 0.4) is 0 Å². The zero-order chi connectivity index (χ0) is 20.6. The normalized spacial score (nSPS) is 16.3. The lowest BCUT2D eigenvalue weighted by molar-refractivity contribution is -0.116. The fraction of sp³-hybridized carbons (Fsp3) is 0.391. The van der Waals surface area contributed by atoms with Gasteiger partial charge in [-0.1, -0.05) is 42.5 Å². The number of nitrogens with one attached hydrogen (secondary N) is 3. The molecule has 154 valence electrons. The number of amides is 1. The Labute approximate surface area is 172 Å². The molecule has 6 heteroatoms. The van der Waals surface area contributed by atoms with E-state index in [2.05, 4.69) is 45.2 Å². The van der Waals surface area contributed by atoms with E-state index < -0.39 is 0 Å². The summed E-state index contributed by atoms with van der Waals surface area (Å²) in [5.41, 5.74) is 4.39. The molecule has 0 fully saturated rings. The van der Waals surface area contributed by atoms with E-state index in [4.69, 9.17) is 4.74 Å². The van der Waals surface area contributed by atoms with Crippen molar-refractivity contribution in [3.05, 3.63) is 65.2 Å². The van der Waals surface area contributed by atoms with Crippen LogP contribution in [0, 0.1) is 0 Å². The molecule has 1 aliphatic rings. The van der Waals surface area contributed by atoms with E-state index in [0.717, 1.165) is 22.8 Å². The van der Waals surface area contributed by atoms with Crippen molar-refractivity contribution in [3.63, 3.8) is 0 Å². The lowest BCUT2D eigenvalue weighted by atomic mass is 9.90. The van der Waals surface area contributed by atoms with E-state index in [1.165, 1.54) is 5.56 Å². The summed E-state index contributed by atoms with van der Waals surface area (Å²) in [6, 6.07) is 16.3. The van der Waals surface area contributed by atoms with Crippen LogP contribution in [0.1, 0.15) is 42.9 Å². The van der Waals surface area contributed by atoms with Gasteiger partial charge in [-0.05, 0) is 36.6 Å². The van der Waals surface area contributed by atoms with Gasteiger partial charge in [0.1, 0.15) is 0 Å². The van der Waals surface area contributed by atoms with Crippen LogP contribution in [0.4, 0.5) is 5.69 Å². The summed E-state index contributed by atoms with van der Waals surface area (Å²) in [4.78, 5) is 16.3. The molecule has 1 aliphatic heterocycles. The number of hydrogen-bond donors (Lipinski definition) is 3. The van der Waals surface area contributed by atoms with Crippen molar-refractivity contribution in [2.24, 2.45) is 4.99 Å². The van der Waals surface area contributed by atoms with Crippen LogP contribution in [0.25, 0.3) is 0 Å². The first-order valence-electron chi connectivity index (χ1n) is 10.1. The summed E-state index contributed by atoms with van der Waals surface area (Å²) >= 11 is 0. The second-order valence-corrected chi connectivity index (χ2v) is 7.52. The highest BCUT2D eigenvalue weighted by atomic mass is 16.5. The van der Waals surface area contributed by atoms with E-state index in [1.54, 1.807) is 7.05 Å². The monoisotopic (exact) mass is 394 g/mol. The van der Waals surface area contributed by atoms with Crippen molar-refractivity contribution < 1.29 is 9.53 Å². The Morgan fingerprint density at radius 3 is 2.76 bits per heavy atom. The summed E-state index contributed by atoms with van der Waals surface area (Å²) in [6.07, 6.45) is 0.686. The number of guanidine groups is 1. The number of nitrogens with zero attached hydrogens (tertiary/aromatic N) is 1. The molecule has 6 nitrogen and oxygen atoms in total. The van der Waals surface area contributed by atoms with E-state index in [9.17, 15) is 4.79 Å². The molecule has 2 aromatic rings. The second-order valence-electron chi connectivity index (χ2n) is 7.52. The van der Waals surface area contributed by atoms with Crippen LogP contribution in [0.2, 0.25) is 0 Å². The summed E-state index contributed by atoms with van der Waals surface area (Å²) in [6.45, 7) is 6.00. The topological polar surface area (TPSA) is 74.8 Å². The van der Waals surface area contributed by atoms with Gasteiger partial charge in [0.05, 0.1) is 12.7 Å². The van der Waals surface area contributed by atoms with Gasteiger partial charge in [-0.2, -0.15) is 0 Å². The fourth-order valence-electron chi connectivity index (χ4n) is 3.40. The molecular formula is C23H30N4O2. The smallest absolute Gasteiger partial charge is 0.225 e. The Bertz CT molecular complexity index is 863. The molecule has 3 rings (SSSR count). The molecule has 0 saturated heterocycles. The second kappa shape index (κ2) is 10.1. The van der Waals surface area contributed by atoms with Crippen molar-refractivity contribution in [1.29, 1.82) is 0 Å². The number of rotatable bonds is 7. The predicted octanol–water partition coefficient (Wildman–Crippen LogP) is 3.40. The quantitative estimate of drug-likeness (QED) is 0.497.